The Balaban J connectivity index is 0. The van der Waals surface area contributed by atoms with E-state index in [9.17, 15) is 9.59 Å². The van der Waals surface area contributed by atoms with Gasteiger partial charge in [0.05, 0.1) is 11.1 Å². The monoisotopic (exact) mass is 306 g/mol. The van der Waals surface area contributed by atoms with Gasteiger partial charge in [0, 0.05) is 0 Å². The summed E-state index contributed by atoms with van der Waals surface area (Å²) >= 11 is 0. The fourth-order valence-corrected chi connectivity index (χ4v) is 1.79. The number of hydrogen-bond donors (Lipinski definition) is 1. The van der Waals surface area contributed by atoms with Crippen LogP contribution in [0.2, 0.25) is 0 Å². The van der Waals surface area contributed by atoms with E-state index in [1.54, 1.807) is 24.3 Å². The summed E-state index contributed by atoms with van der Waals surface area (Å²) in [7, 11) is 0. The van der Waals surface area contributed by atoms with E-state index in [0.717, 1.165) is 0 Å². The summed E-state index contributed by atoms with van der Waals surface area (Å²) < 4.78 is 0. The summed E-state index contributed by atoms with van der Waals surface area (Å²) in [4.78, 5) is 24.3. The van der Waals surface area contributed by atoms with Gasteiger partial charge < -0.3 is 17.3 Å². The average molecular weight is 307 g/mol. The van der Waals surface area contributed by atoms with E-state index >= 15 is 0 Å². The van der Waals surface area contributed by atoms with Crippen LogP contribution in [0.3, 0.4) is 0 Å². The molecule has 0 atom stereocenters. The van der Waals surface area contributed by atoms with E-state index in [1.165, 1.54) is 19.6 Å². The standard InChI is InChI=1S/C8H5NO2.C6H15N.ClH.Na/c10-7-5-3-1-2-4-6(5)8(11)9-7;1-4-7(5-2)6-3;;/h1-4H,(H,9,10,11);4-6H2,1-3H3;1H;/q;;;+1/p-1. The van der Waals surface area contributed by atoms with E-state index in [-0.39, 0.29) is 53.8 Å². The third-order valence-electron chi connectivity index (χ3n) is 2.99. The molecule has 0 radical (unpaired) electrons. The molecule has 0 spiro atoms. The summed E-state index contributed by atoms with van der Waals surface area (Å²) in [5.74, 6) is -0.601. The Hall–Kier alpha value is -0.390. The van der Waals surface area contributed by atoms with Crippen molar-refractivity contribution in [3.63, 3.8) is 0 Å². The fourth-order valence-electron chi connectivity index (χ4n) is 1.79. The maximum absolute atomic E-state index is 10.9. The van der Waals surface area contributed by atoms with Crippen molar-refractivity contribution in [1.82, 2.24) is 10.2 Å². The summed E-state index contributed by atoms with van der Waals surface area (Å²) in [6, 6.07) is 6.74. The Bertz CT molecular complexity index is 398. The molecule has 1 aromatic carbocycles. The van der Waals surface area contributed by atoms with E-state index < -0.39 is 0 Å². The van der Waals surface area contributed by atoms with Gasteiger partial charge in [0.15, 0.2) is 0 Å². The van der Waals surface area contributed by atoms with E-state index in [4.69, 9.17) is 0 Å². The zero-order chi connectivity index (χ0) is 13.5. The Kier molecular flexibility index (Phi) is 12.4. The first-order valence-corrected chi connectivity index (χ1v) is 6.31. The Labute approximate surface area is 149 Å². The van der Waals surface area contributed by atoms with Gasteiger partial charge in [-0.2, -0.15) is 0 Å². The molecule has 0 unspecified atom stereocenters. The van der Waals surface area contributed by atoms with Gasteiger partial charge in [0.25, 0.3) is 11.8 Å². The van der Waals surface area contributed by atoms with Crippen molar-refractivity contribution in [2.45, 2.75) is 20.8 Å². The number of halogens is 1. The number of benzene rings is 1. The van der Waals surface area contributed by atoms with Crippen molar-refractivity contribution in [3.8, 4) is 0 Å². The molecule has 0 saturated heterocycles. The number of nitrogens with one attached hydrogen (secondary N) is 1. The molecule has 0 saturated carbocycles. The van der Waals surface area contributed by atoms with E-state index in [2.05, 4.69) is 31.0 Å². The summed E-state index contributed by atoms with van der Waals surface area (Å²) in [6.45, 7) is 10.1. The SMILES string of the molecule is CCN(CC)CC.O=C1NC(=O)c2ccccc21.[Cl-].[Na+]. The second kappa shape index (κ2) is 11.3. The molecule has 1 aromatic rings. The van der Waals surface area contributed by atoms with Gasteiger partial charge >= 0.3 is 29.6 Å². The molecule has 0 aromatic heterocycles. The van der Waals surface area contributed by atoms with Crippen molar-refractivity contribution in [2.24, 2.45) is 0 Å². The minimum Gasteiger partial charge on any atom is -1.00 e. The average Bonchev–Trinajstić information content (AvgIpc) is 2.69. The van der Waals surface area contributed by atoms with Gasteiger partial charge in [-0.3, -0.25) is 14.9 Å². The maximum Gasteiger partial charge on any atom is 1.00 e. The maximum atomic E-state index is 10.9. The quantitative estimate of drug-likeness (QED) is 0.457. The number of fused-ring (bicyclic) bond motifs is 1. The van der Waals surface area contributed by atoms with Crippen LogP contribution in [0.1, 0.15) is 41.5 Å². The van der Waals surface area contributed by atoms with Gasteiger partial charge in [-0.05, 0) is 31.8 Å². The normalized spacial score (nSPS) is 11.6. The first kappa shape index (κ1) is 21.9. The van der Waals surface area contributed by atoms with Gasteiger partial charge in [0.2, 0.25) is 0 Å². The van der Waals surface area contributed by atoms with Crippen LogP contribution in [0.15, 0.2) is 24.3 Å². The summed E-state index contributed by atoms with van der Waals surface area (Å²) in [6.07, 6.45) is 0. The third-order valence-corrected chi connectivity index (χ3v) is 2.99. The zero-order valence-electron chi connectivity index (χ0n) is 12.6. The number of nitrogens with zero attached hydrogens (tertiary/aromatic N) is 1. The van der Waals surface area contributed by atoms with Crippen molar-refractivity contribution in [2.75, 3.05) is 19.6 Å². The Morgan fingerprint density at radius 1 is 0.900 bits per heavy atom. The number of amides is 2. The minimum atomic E-state index is -0.300. The van der Waals surface area contributed by atoms with Crippen LogP contribution in [-0.4, -0.2) is 36.3 Å². The van der Waals surface area contributed by atoms with Crippen LogP contribution in [0.5, 0.6) is 0 Å². The molecule has 0 aliphatic carbocycles. The van der Waals surface area contributed by atoms with Crippen LogP contribution in [0.4, 0.5) is 0 Å². The smallest absolute Gasteiger partial charge is 1.00 e. The number of carbonyl (C=O) groups is 2. The molecule has 2 rings (SSSR count). The Morgan fingerprint density at radius 3 is 1.50 bits per heavy atom. The van der Waals surface area contributed by atoms with Crippen LogP contribution in [-0.2, 0) is 0 Å². The van der Waals surface area contributed by atoms with Crippen LogP contribution in [0.25, 0.3) is 0 Å². The molecule has 1 N–H and O–H groups in total. The molecule has 1 heterocycles. The summed E-state index contributed by atoms with van der Waals surface area (Å²) in [5, 5.41) is 2.20. The molecule has 106 valence electrons. The predicted octanol–water partition coefficient (Wildman–Crippen LogP) is -4.07. The molecule has 1 aliphatic rings. The molecule has 6 heteroatoms. The molecular formula is C14H20ClN2NaO2. The van der Waals surface area contributed by atoms with Gasteiger partial charge in [0.1, 0.15) is 0 Å². The topological polar surface area (TPSA) is 49.4 Å². The van der Waals surface area contributed by atoms with Gasteiger partial charge in [-0.25, -0.2) is 0 Å². The number of imide groups is 1. The van der Waals surface area contributed by atoms with Crippen molar-refractivity contribution in [3.05, 3.63) is 35.4 Å². The van der Waals surface area contributed by atoms with Crippen molar-refractivity contribution >= 4 is 11.8 Å². The number of carbonyl (C=O) groups excluding carboxylic acids is 2. The second-order valence-electron chi connectivity index (χ2n) is 3.95. The van der Waals surface area contributed by atoms with Gasteiger partial charge in [-0.1, -0.05) is 32.9 Å². The fraction of sp³-hybridized carbons (Fsp3) is 0.429. The largest absolute Gasteiger partial charge is 1.00 e. The molecular weight excluding hydrogens is 287 g/mol. The number of rotatable bonds is 3. The van der Waals surface area contributed by atoms with E-state index in [1.807, 2.05) is 0 Å². The summed E-state index contributed by atoms with van der Waals surface area (Å²) in [5.41, 5.74) is 0.940. The molecule has 20 heavy (non-hydrogen) atoms. The van der Waals surface area contributed by atoms with Gasteiger partial charge in [-0.15, -0.1) is 0 Å². The zero-order valence-corrected chi connectivity index (χ0v) is 15.3. The van der Waals surface area contributed by atoms with E-state index in [0.29, 0.717) is 11.1 Å². The predicted molar refractivity (Wildman–Crippen MR) is 71.7 cm³/mol. The van der Waals surface area contributed by atoms with Crippen LogP contribution < -0.4 is 47.3 Å². The van der Waals surface area contributed by atoms with Crippen LogP contribution >= 0.6 is 0 Å². The van der Waals surface area contributed by atoms with Crippen molar-refractivity contribution < 1.29 is 51.6 Å². The van der Waals surface area contributed by atoms with Crippen molar-refractivity contribution in [1.29, 1.82) is 0 Å². The molecule has 0 bridgehead atoms. The third kappa shape index (κ3) is 5.94. The Morgan fingerprint density at radius 2 is 1.25 bits per heavy atom. The molecule has 1 aliphatic heterocycles. The first-order chi connectivity index (χ1) is 8.63. The van der Waals surface area contributed by atoms with Crippen LogP contribution in [0, 0.1) is 0 Å². The molecule has 2 amide bonds. The number of hydrogen-bond acceptors (Lipinski definition) is 3. The minimum absolute atomic E-state index is 0. The first-order valence-electron chi connectivity index (χ1n) is 6.31. The second-order valence-corrected chi connectivity index (χ2v) is 3.95. The molecule has 4 nitrogen and oxygen atoms in total. The molecule has 0 fully saturated rings.